The molecule has 2 fully saturated rings. The Morgan fingerprint density at radius 1 is 0.958 bits per heavy atom. The lowest BCUT2D eigenvalue weighted by atomic mass is 10.1. The van der Waals surface area contributed by atoms with Gasteiger partial charge in [-0.3, -0.25) is 0 Å². The lowest BCUT2D eigenvalue weighted by molar-refractivity contribution is 0.684. The highest BCUT2D eigenvalue weighted by Gasteiger charge is 2.24. The molecule has 0 aliphatic carbocycles. The second-order valence-corrected chi connectivity index (χ2v) is 7.44. The minimum atomic E-state index is 0.501. The van der Waals surface area contributed by atoms with Crippen LogP contribution in [-0.4, -0.2) is 40.7 Å². The molecule has 0 bridgehead atoms. The fourth-order valence-electron chi connectivity index (χ4n) is 4.16. The smallest absolute Gasteiger partial charge is 0.229 e. The van der Waals surface area contributed by atoms with Crippen molar-refractivity contribution in [1.82, 2.24) is 14.5 Å². The van der Waals surface area contributed by atoms with Crippen molar-refractivity contribution in [1.29, 1.82) is 0 Å². The predicted octanol–water partition coefficient (Wildman–Crippen LogP) is 3.78. The minimum absolute atomic E-state index is 0.501. The molecule has 0 atom stereocenters. The first-order chi connectivity index (χ1) is 11.7. The van der Waals surface area contributed by atoms with Crippen molar-refractivity contribution in [3.05, 3.63) is 11.8 Å². The summed E-state index contributed by atoms with van der Waals surface area (Å²) in [5, 5.41) is 1.24. The van der Waals surface area contributed by atoms with Crippen LogP contribution >= 0.6 is 0 Å². The molecule has 5 nitrogen and oxygen atoms in total. The Bertz CT molecular complexity index is 721. The highest BCUT2D eigenvalue weighted by molar-refractivity contribution is 5.90. The average molecular weight is 327 g/mol. The summed E-state index contributed by atoms with van der Waals surface area (Å²) in [6.07, 6.45) is 5.06. The first kappa shape index (κ1) is 15.7. The van der Waals surface area contributed by atoms with Gasteiger partial charge in [0, 0.05) is 38.4 Å². The Morgan fingerprint density at radius 2 is 1.58 bits per heavy atom. The third kappa shape index (κ3) is 2.54. The molecular weight excluding hydrogens is 298 g/mol. The van der Waals surface area contributed by atoms with Gasteiger partial charge in [0.15, 0.2) is 0 Å². The second-order valence-electron chi connectivity index (χ2n) is 7.44. The molecule has 24 heavy (non-hydrogen) atoms. The Labute approximate surface area is 144 Å². The SMILES string of the molecule is CCn1c(C(C)C)cc2c(N3CCCC3)nc(N3CCCC3)nc21. The zero-order chi connectivity index (χ0) is 16.7. The molecule has 2 aliphatic rings. The molecule has 2 saturated heterocycles. The number of anilines is 2. The van der Waals surface area contributed by atoms with Crippen LogP contribution in [0.2, 0.25) is 0 Å². The van der Waals surface area contributed by atoms with Crippen molar-refractivity contribution >= 4 is 22.8 Å². The van der Waals surface area contributed by atoms with Crippen LogP contribution in [-0.2, 0) is 6.54 Å². The van der Waals surface area contributed by atoms with Gasteiger partial charge in [-0.2, -0.15) is 9.97 Å². The van der Waals surface area contributed by atoms with Gasteiger partial charge in [0.05, 0.1) is 5.39 Å². The van der Waals surface area contributed by atoms with Gasteiger partial charge in [-0.15, -0.1) is 0 Å². The molecule has 0 unspecified atom stereocenters. The highest BCUT2D eigenvalue weighted by atomic mass is 15.3. The van der Waals surface area contributed by atoms with Gasteiger partial charge in [0.1, 0.15) is 11.5 Å². The number of hydrogen-bond acceptors (Lipinski definition) is 4. The lowest BCUT2D eigenvalue weighted by Gasteiger charge is -2.21. The summed E-state index contributed by atoms with van der Waals surface area (Å²) >= 11 is 0. The quantitative estimate of drug-likeness (QED) is 0.856. The van der Waals surface area contributed by atoms with E-state index in [1.165, 1.54) is 36.8 Å². The van der Waals surface area contributed by atoms with Crippen LogP contribution in [0.25, 0.3) is 11.0 Å². The van der Waals surface area contributed by atoms with Gasteiger partial charge in [0.2, 0.25) is 5.95 Å². The summed E-state index contributed by atoms with van der Waals surface area (Å²) < 4.78 is 2.39. The van der Waals surface area contributed by atoms with Crippen LogP contribution in [0.1, 0.15) is 58.1 Å². The third-order valence-electron chi connectivity index (χ3n) is 5.46. The van der Waals surface area contributed by atoms with E-state index in [1.807, 2.05) is 0 Å². The molecule has 0 N–H and O–H groups in total. The minimum Gasteiger partial charge on any atom is -0.356 e. The van der Waals surface area contributed by atoms with Crippen molar-refractivity contribution in [3.63, 3.8) is 0 Å². The van der Waals surface area contributed by atoms with E-state index in [1.54, 1.807) is 0 Å². The number of hydrogen-bond donors (Lipinski definition) is 0. The maximum absolute atomic E-state index is 5.04. The van der Waals surface area contributed by atoms with Gasteiger partial charge in [-0.1, -0.05) is 13.8 Å². The Kier molecular flexibility index (Phi) is 4.10. The van der Waals surface area contributed by atoms with E-state index in [0.717, 1.165) is 50.1 Å². The van der Waals surface area contributed by atoms with Crippen molar-refractivity contribution < 1.29 is 0 Å². The fourth-order valence-corrected chi connectivity index (χ4v) is 4.16. The van der Waals surface area contributed by atoms with E-state index in [4.69, 9.17) is 9.97 Å². The molecular formula is C19H29N5. The summed E-state index contributed by atoms with van der Waals surface area (Å²) in [6.45, 7) is 12.2. The van der Waals surface area contributed by atoms with Gasteiger partial charge in [0.25, 0.3) is 0 Å². The maximum atomic E-state index is 5.04. The van der Waals surface area contributed by atoms with E-state index >= 15 is 0 Å². The van der Waals surface area contributed by atoms with Gasteiger partial charge in [-0.05, 0) is 44.6 Å². The molecule has 0 radical (unpaired) electrons. The summed E-state index contributed by atoms with van der Waals surface area (Å²) in [4.78, 5) is 14.9. The first-order valence-electron chi connectivity index (χ1n) is 9.60. The Morgan fingerprint density at radius 3 is 2.17 bits per heavy atom. The number of fused-ring (bicyclic) bond motifs is 1. The highest BCUT2D eigenvalue weighted by Crippen LogP contribution is 2.34. The molecule has 2 aromatic heterocycles. The third-order valence-corrected chi connectivity index (χ3v) is 5.46. The lowest BCUT2D eigenvalue weighted by Crippen LogP contribution is -2.24. The molecule has 130 valence electrons. The average Bonchev–Trinajstić information content (AvgIpc) is 3.31. The normalized spacial score (nSPS) is 18.5. The summed E-state index contributed by atoms with van der Waals surface area (Å²) in [5.41, 5.74) is 2.50. The molecule has 0 aromatic carbocycles. The molecule has 0 spiro atoms. The predicted molar refractivity (Wildman–Crippen MR) is 100 cm³/mol. The van der Waals surface area contributed by atoms with Crippen LogP contribution in [0.3, 0.4) is 0 Å². The zero-order valence-corrected chi connectivity index (χ0v) is 15.3. The zero-order valence-electron chi connectivity index (χ0n) is 15.3. The van der Waals surface area contributed by atoms with Crippen LogP contribution in [0.4, 0.5) is 11.8 Å². The maximum Gasteiger partial charge on any atom is 0.229 e. The van der Waals surface area contributed by atoms with Crippen molar-refractivity contribution in [2.45, 2.75) is 58.9 Å². The summed E-state index contributed by atoms with van der Waals surface area (Å²) in [5.74, 6) is 2.60. The molecule has 2 aliphatic heterocycles. The van der Waals surface area contributed by atoms with E-state index in [2.05, 4.69) is 41.2 Å². The number of nitrogens with zero attached hydrogens (tertiary/aromatic N) is 5. The van der Waals surface area contributed by atoms with E-state index in [9.17, 15) is 0 Å². The molecule has 0 amide bonds. The van der Waals surface area contributed by atoms with Crippen LogP contribution < -0.4 is 9.80 Å². The molecule has 0 saturated carbocycles. The van der Waals surface area contributed by atoms with Crippen LogP contribution in [0, 0.1) is 0 Å². The van der Waals surface area contributed by atoms with Gasteiger partial charge in [-0.25, -0.2) is 0 Å². The van der Waals surface area contributed by atoms with E-state index in [-0.39, 0.29) is 0 Å². The second kappa shape index (κ2) is 6.26. The summed E-state index contributed by atoms with van der Waals surface area (Å²) in [6, 6.07) is 2.34. The number of aromatic nitrogens is 3. The van der Waals surface area contributed by atoms with E-state index < -0.39 is 0 Å². The molecule has 4 heterocycles. The fraction of sp³-hybridized carbons (Fsp3) is 0.684. The topological polar surface area (TPSA) is 37.2 Å². The van der Waals surface area contributed by atoms with Crippen molar-refractivity contribution in [2.75, 3.05) is 36.0 Å². The van der Waals surface area contributed by atoms with Gasteiger partial charge < -0.3 is 14.4 Å². The van der Waals surface area contributed by atoms with Crippen LogP contribution in [0.15, 0.2) is 6.07 Å². The number of rotatable bonds is 4. The van der Waals surface area contributed by atoms with Gasteiger partial charge >= 0.3 is 0 Å². The number of aryl methyl sites for hydroxylation is 1. The standard InChI is InChI=1S/C19H29N5/c1-4-24-16(14(2)3)13-15-17(22-9-5-6-10-22)20-19(21-18(15)24)23-11-7-8-12-23/h13-14H,4-12H2,1-3H3. The molecule has 2 aromatic rings. The first-order valence-corrected chi connectivity index (χ1v) is 9.60. The van der Waals surface area contributed by atoms with E-state index in [0.29, 0.717) is 5.92 Å². The largest absolute Gasteiger partial charge is 0.356 e. The van der Waals surface area contributed by atoms with Crippen molar-refractivity contribution in [2.24, 2.45) is 0 Å². The summed E-state index contributed by atoms with van der Waals surface area (Å²) in [7, 11) is 0. The molecule has 4 rings (SSSR count). The molecule has 5 heteroatoms. The Balaban J connectivity index is 1.92. The van der Waals surface area contributed by atoms with Crippen LogP contribution in [0.5, 0.6) is 0 Å². The monoisotopic (exact) mass is 327 g/mol. The van der Waals surface area contributed by atoms with Crippen molar-refractivity contribution in [3.8, 4) is 0 Å². The Hall–Kier alpha value is -1.78.